The number of hydrogen-bond donors (Lipinski definition) is 0. The Balaban J connectivity index is 2.28. The summed E-state index contributed by atoms with van der Waals surface area (Å²) >= 11 is 0. The first-order valence-corrected chi connectivity index (χ1v) is 4.37. The first-order valence-electron chi connectivity index (χ1n) is 4.37. The van der Waals surface area contributed by atoms with Crippen molar-refractivity contribution in [2.24, 2.45) is 5.92 Å². The van der Waals surface area contributed by atoms with Crippen molar-refractivity contribution in [3.05, 3.63) is 6.42 Å². The van der Waals surface area contributed by atoms with Gasteiger partial charge in [-0.25, -0.2) is 8.78 Å². The molecule has 0 nitrogen and oxygen atoms in total. The minimum absolute atomic E-state index is 0.321. The topological polar surface area (TPSA) is 0 Å². The van der Waals surface area contributed by atoms with Gasteiger partial charge in [0.2, 0.25) is 0 Å². The van der Waals surface area contributed by atoms with Crippen LogP contribution in [0.1, 0.15) is 32.6 Å². The van der Waals surface area contributed by atoms with Crippen molar-refractivity contribution in [3.63, 3.8) is 0 Å². The van der Waals surface area contributed by atoms with Crippen molar-refractivity contribution in [1.82, 2.24) is 0 Å². The van der Waals surface area contributed by atoms with E-state index in [0.29, 0.717) is 12.3 Å². The van der Waals surface area contributed by atoms with Crippen molar-refractivity contribution in [2.45, 2.75) is 45.0 Å². The third-order valence-electron chi connectivity index (χ3n) is 2.27. The van der Waals surface area contributed by atoms with E-state index >= 15 is 0 Å². The normalized spacial score (nSPS) is 39.0. The molecule has 0 aromatic carbocycles. The lowest BCUT2D eigenvalue weighted by Gasteiger charge is -2.26. The zero-order valence-electron chi connectivity index (χ0n) is 6.89. The predicted molar refractivity (Wildman–Crippen MR) is 41.7 cm³/mol. The Morgan fingerprint density at radius 2 is 2.09 bits per heavy atom. The van der Waals surface area contributed by atoms with Gasteiger partial charge in [-0.1, -0.05) is 19.8 Å². The summed E-state index contributed by atoms with van der Waals surface area (Å²) in [7, 11) is 0. The molecule has 1 radical (unpaired) electrons. The highest BCUT2D eigenvalue weighted by atomic mass is 19.2. The Labute approximate surface area is 67.0 Å². The maximum atomic E-state index is 12.7. The largest absolute Gasteiger partial charge is 0.244 e. The highest BCUT2D eigenvalue weighted by Gasteiger charge is 2.29. The van der Waals surface area contributed by atoms with E-state index in [9.17, 15) is 8.78 Å². The molecule has 0 spiro atoms. The summed E-state index contributed by atoms with van der Waals surface area (Å²) < 4.78 is 25.3. The summed E-state index contributed by atoms with van der Waals surface area (Å²) in [6.45, 7) is 2.07. The Morgan fingerprint density at radius 3 is 2.64 bits per heavy atom. The second-order valence-corrected chi connectivity index (χ2v) is 3.28. The Hall–Kier alpha value is -0.140. The average Bonchev–Trinajstić information content (AvgIpc) is 1.98. The molecule has 0 aromatic rings. The van der Waals surface area contributed by atoms with Gasteiger partial charge in [-0.3, -0.25) is 0 Å². The molecule has 2 heteroatoms. The molecule has 1 aliphatic carbocycles. The number of alkyl halides is 2. The minimum Gasteiger partial charge on any atom is -0.244 e. The fourth-order valence-corrected chi connectivity index (χ4v) is 1.62. The molecule has 0 bridgehead atoms. The maximum absolute atomic E-state index is 12.7. The fourth-order valence-electron chi connectivity index (χ4n) is 1.62. The van der Waals surface area contributed by atoms with Crippen LogP contribution < -0.4 is 0 Å². The molecule has 1 aliphatic rings. The lowest BCUT2D eigenvalue weighted by molar-refractivity contribution is 0.133. The van der Waals surface area contributed by atoms with E-state index in [4.69, 9.17) is 0 Å². The van der Waals surface area contributed by atoms with Gasteiger partial charge in [0.05, 0.1) is 0 Å². The SMILES string of the molecule is CCCC1[CH]C(F)C(F)CC1. The molecule has 11 heavy (non-hydrogen) atoms. The highest BCUT2D eigenvalue weighted by Crippen LogP contribution is 2.30. The van der Waals surface area contributed by atoms with Crippen LogP contribution in [0.4, 0.5) is 8.78 Å². The molecular formula is C9H15F2. The van der Waals surface area contributed by atoms with Gasteiger partial charge in [-0.2, -0.15) is 0 Å². The van der Waals surface area contributed by atoms with E-state index in [1.54, 1.807) is 0 Å². The molecule has 0 amide bonds. The fraction of sp³-hybridized carbons (Fsp3) is 0.889. The Bertz CT molecular complexity index is 114. The van der Waals surface area contributed by atoms with Crippen LogP contribution in [-0.2, 0) is 0 Å². The summed E-state index contributed by atoms with van der Waals surface area (Å²) in [6, 6.07) is 0. The maximum Gasteiger partial charge on any atom is 0.135 e. The summed E-state index contributed by atoms with van der Waals surface area (Å²) in [4.78, 5) is 0. The lowest BCUT2D eigenvalue weighted by atomic mass is 9.84. The van der Waals surface area contributed by atoms with Crippen LogP contribution in [0.5, 0.6) is 0 Å². The summed E-state index contributed by atoms with van der Waals surface area (Å²) in [5.74, 6) is 0.321. The standard InChI is InChI=1S/C9H15F2/c1-2-3-7-4-5-8(10)9(11)6-7/h6-9H,2-5H2,1H3. The molecule has 1 saturated carbocycles. The van der Waals surface area contributed by atoms with Crippen LogP contribution >= 0.6 is 0 Å². The third kappa shape index (κ3) is 2.42. The van der Waals surface area contributed by atoms with Crippen LogP contribution in [0.25, 0.3) is 0 Å². The highest BCUT2D eigenvalue weighted by molar-refractivity contribution is 4.93. The van der Waals surface area contributed by atoms with Crippen LogP contribution in [0.15, 0.2) is 0 Å². The lowest BCUT2D eigenvalue weighted by Crippen LogP contribution is -2.27. The van der Waals surface area contributed by atoms with Crippen molar-refractivity contribution < 1.29 is 8.78 Å². The molecule has 3 unspecified atom stereocenters. The van der Waals surface area contributed by atoms with Gasteiger partial charge in [0.25, 0.3) is 0 Å². The minimum atomic E-state index is -1.31. The smallest absolute Gasteiger partial charge is 0.135 e. The van der Waals surface area contributed by atoms with E-state index in [-0.39, 0.29) is 0 Å². The number of halogens is 2. The van der Waals surface area contributed by atoms with E-state index in [1.807, 2.05) is 0 Å². The van der Waals surface area contributed by atoms with Gasteiger partial charge in [0, 0.05) is 6.42 Å². The molecule has 0 heterocycles. The molecular weight excluding hydrogens is 146 g/mol. The summed E-state index contributed by atoms with van der Waals surface area (Å²) in [5.41, 5.74) is 0. The monoisotopic (exact) mass is 161 g/mol. The molecule has 65 valence electrons. The van der Waals surface area contributed by atoms with Crippen molar-refractivity contribution in [3.8, 4) is 0 Å². The molecule has 0 aromatic heterocycles. The average molecular weight is 161 g/mol. The predicted octanol–water partition coefficient (Wildman–Crippen LogP) is 3.08. The van der Waals surface area contributed by atoms with Crippen LogP contribution in [0, 0.1) is 12.3 Å². The van der Waals surface area contributed by atoms with Gasteiger partial charge < -0.3 is 0 Å². The molecule has 3 atom stereocenters. The summed E-state index contributed by atoms with van der Waals surface area (Å²) in [6.07, 6.45) is 2.30. The van der Waals surface area contributed by atoms with E-state index in [0.717, 1.165) is 19.3 Å². The molecule has 1 rings (SSSR count). The van der Waals surface area contributed by atoms with E-state index in [2.05, 4.69) is 6.92 Å². The van der Waals surface area contributed by atoms with Crippen molar-refractivity contribution >= 4 is 0 Å². The second-order valence-electron chi connectivity index (χ2n) is 3.28. The first kappa shape index (κ1) is 8.95. The Morgan fingerprint density at radius 1 is 1.36 bits per heavy atom. The quantitative estimate of drug-likeness (QED) is 0.583. The van der Waals surface area contributed by atoms with E-state index in [1.165, 1.54) is 6.42 Å². The van der Waals surface area contributed by atoms with Crippen LogP contribution in [0.2, 0.25) is 0 Å². The van der Waals surface area contributed by atoms with Gasteiger partial charge in [-0.05, 0) is 18.8 Å². The summed E-state index contributed by atoms with van der Waals surface area (Å²) in [5, 5.41) is 0. The number of hydrogen-bond acceptors (Lipinski definition) is 0. The van der Waals surface area contributed by atoms with Crippen LogP contribution in [-0.4, -0.2) is 12.3 Å². The molecule has 0 N–H and O–H groups in total. The zero-order valence-corrected chi connectivity index (χ0v) is 6.89. The van der Waals surface area contributed by atoms with Gasteiger partial charge in [0.1, 0.15) is 12.3 Å². The second kappa shape index (κ2) is 4.03. The molecule has 0 aliphatic heterocycles. The van der Waals surface area contributed by atoms with Crippen molar-refractivity contribution in [1.29, 1.82) is 0 Å². The van der Waals surface area contributed by atoms with Gasteiger partial charge >= 0.3 is 0 Å². The van der Waals surface area contributed by atoms with E-state index < -0.39 is 12.3 Å². The first-order chi connectivity index (χ1) is 5.24. The third-order valence-corrected chi connectivity index (χ3v) is 2.27. The van der Waals surface area contributed by atoms with Crippen molar-refractivity contribution in [2.75, 3.05) is 0 Å². The van der Waals surface area contributed by atoms with Crippen LogP contribution in [0.3, 0.4) is 0 Å². The van der Waals surface area contributed by atoms with Gasteiger partial charge in [-0.15, -0.1) is 0 Å². The molecule has 1 fully saturated rings. The number of rotatable bonds is 2. The zero-order chi connectivity index (χ0) is 8.27. The van der Waals surface area contributed by atoms with Gasteiger partial charge in [0.15, 0.2) is 0 Å². The Kier molecular flexibility index (Phi) is 3.28. The molecule has 0 saturated heterocycles.